The molecule has 0 radical (unpaired) electrons. The number of quaternary nitrogens is 1. The van der Waals surface area contributed by atoms with Crippen molar-refractivity contribution in [1.82, 2.24) is 4.90 Å². The van der Waals surface area contributed by atoms with Crippen molar-refractivity contribution in [2.75, 3.05) is 13.1 Å². The Morgan fingerprint density at radius 2 is 1.69 bits per heavy atom. The van der Waals surface area contributed by atoms with E-state index in [1.807, 2.05) is 30.6 Å². The van der Waals surface area contributed by atoms with Gasteiger partial charge >= 0.3 is 0 Å². The summed E-state index contributed by atoms with van der Waals surface area (Å²) in [5.74, 6) is -0.382. The quantitative estimate of drug-likeness (QED) is 0.818. The summed E-state index contributed by atoms with van der Waals surface area (Å²) in [6.07, 6.45) is 2.66. The molecule has 0 aromatic heterocycles. The van der Waals surface area contributed by atoms with Crippen molar-refractivity contribution in [2.24, 2.45) is 4.99 Å². The van der Waals surface area contributed by atoms with Crippen molar-refractivity contribution >= 4 is 29.8 Å². The van der Waals surface area contributed by atoms with Crippen LogP contribution in [0.2, 0.25) is 5.02 Å². The maximum Gasteiger partial charge on any atom is 0.261 e. The summed E-state index contributed by atoms with van der Waals surface area (Å²) >= 11 is 5.94. The lowest BCUT2D eigenvalue weighted by molar-refractivity contribution is -0.834. The molecular formula is C20H19ClN3O2+. The predicted octanol–water partition coefficient (Wildman–Crippen LogP) is 1.82. The third-order valence-corrected chi connectivity index (χ3v) is 5.26. The van der Waals surface area contributed by atoms with Crippen LogP contribution in [0, 0.1) is 0 Å². The number of amides is 2. The molecule has 2 aliphatic heterocycles. The Hall–Kier alpha value is -2.50. The molecule has 132 valence electrons. The topological polar surface area (TPSA) is 54.2 Å². The van der Waals surface area contributed by atoms with E-state index in [4.69, 9.17) is 11.6 Å². The zero-order valence-corrected chi connectivity index (χ0v) is 14.9. The Balaban J connectivity index is 1.39. The molecule has 4 rings (SSSR count). The first kappa shape index (κ1) is 16.9. The number of halogens is 1. The molecule has 2 amide bonds. The van der Waals surface area contributed by atoms with Gasteiger partial charge in [0.2, 0.25) is 0 Å². The van der Waals surface area contributed by atoms with Gasteiger partial charge in [0.25, 0.3) is 11.8 Å². The van der Waals surface area contributed by atoms with Gasteiger partial charge in [-0.15, -0.1) is 0 Å². The Morgan fingerprint density at radius 3 is 2.35 bits per heavy atom. The Kier molecular flexibility index (Phi) is 4.57. The van der Waals surface area contributed by atoms with Crippen LogP contribution in [0.4, 0.5) is 0 Å². The molecule has 2 aromatic carbocycles. The van der Waals surface area contributed by atoms with E-state index in [0.29, 0.717) is 24.2 Å². The Labute approximate surface area is 156 Å². The number of aliphatic imine (C=N–C) groups is 1. The minimum atomic E-state index is -0.191. The fourth-order valence-corrected chi connectivity index (χ4v) is 3.68. The van der Waals surface area contributed by atoms with Crippen LogP contribution in [-0.4, -0.2) is 42.2 Å². The van der Waals surface area contributed by atoms with Gasteiger partial charge in [0.05, 0.1) is 17.7 Å². The molecule has 2 atom stereocenters. The largest absolute Gasteiger partial charge is 0.285 e. The van der Waals surface area contributed by atoms with E-state index < -0.39 is 0 Å². The zero-order valence-electron chi connectivity index (χ0n) is 14.2. The van der Waals surface area contributed by atoms with Crippen LogP contribution < -0.4 is 4.90 Å². The van der Waals surface area contributed by atoms with E-state index in [2.05, 4.69) is 4.99 Å². The molecule has 2 aliphatic rings. The molecule has 0 spiro atoms. The van der Waals surface area contributed by atoms with Crippen molar-refractivity contribution in [3.05, 3.63) is 70.2 Å². The minimum absolute atomic E-state index is 0.191. The van der Waals surface area contributed by atoms with E-state index in [-0.39, 0.29) is 17.9 Å². The van der Waals surface area contributed by atoms with Gasteiger partial charge in [0, 0.05) is 23.6 Å². The molecule has 0 saturated heterocycles. The first-order valence-electron chi connectivity index (χ1n) is 8.68. The molecule has 0 saturated carbocycles. The van der Waals surface area contributed by atoms with Crippen LogP contribution in [0.3, 0.4) is 0 Å². The Morgan fingerprint density at radius 1 is 1.04 bits per heavy atom. The fourth-order valence-electron chi connectivity index (χ4n) is 3.55. The van der Waals surface area contributed by atoms with Gasteiger partial charge in [0.15, 0.2) is 6.34 Å². The third-order valence-electron chi connectivity index (χ3n) is 5.01. The lowest BCUT2D eigenvalue weighted by atomic mass is 10.1. The highest BCUT2D eigenvalue weighted by atomic mass is 35.5. The van der Waals surface area contributed by atoms with E-state index in [9.17, 15) is 9.59 Å². The van der Waals surface area contributed by atoms with E-state index in [0.717, 1.165) is 18.0 Å². The van der Waals surface area contributed by atoms with Crippen LogP contribution in [-0.2, 0) is 6.54 Å². The van der Waals surface area contributed by atoms with Crippen LogP contribution in [0.1, 0.15) is 32.7 Å². The lowest BCUT2D eigenvalue weighted by Gasteiger charge is -2.21. The van der Waals surface area contributed by atoms with Gasteiger partial charge in [-0.2, -0.15) is 0 Å². The van der Waals surface area contributed by atoms with Gasteiger partial charge in [-0.1, -0.05) is 35.9 Å². The highest BCUT2D eigenvalue weighted by molar-refractivity contribution is 6.30. The lowest BCUT2D eigenvalue weighted by Crippen LogP contribution is -3.12. The van der Waals surface area contributed by atoms with E-state index >= 15 is 0 Å². The summed E-state index contributed by atoms with van der Waals surface area (Å²) in [4.78, 5) is 32.0. The van der Waals surface area contributed by atoms with Gasteiger partial charge in [-0.05, 0) is 24.3 Å². The number of nitrogens with zero attached hydrogens (tertiary/aromatic N) is 2. The number of imide groups is 1. The van der Waals surface area contributed by atoms with Gasteiger partial charge in [0.1, 0.15) is 12.6 Å². The molecule has 1 N–H and O–H groups in total. The average Bonchev–Trinajstić information content (AvgIpc) is 3.19. The first-order chi connectivity index (χ1) is 12.6. The molecule has 2 aromatic rings. The number of carbonyl (C=O) groups is 2. The van der Waals surface area contributed by atoms with Gasteiger partial charge < -0.3 is 0 Å². The molecule has 0 bridgehead atoms. The van der Waals surface area contributed by atoms with E-state index in [1.54, 1.807) is 24.3 Å². The van der Waals surface area contributed by atoms with Crippen molar-refractivity contribution in [3.8, 4) is 0 Å². The third kappa shape index (κ3) is 3.16. The van der Waals surface area contributed by atoms with Crippen LogP contribution in [0.15, 0.2) is 53.5 Å². The summed E-state index contributed by atoms with van der Waals surface area (Å²) in [6, 6.07) is 15.1. The highest BCUT2D eigenvalue weighted by Gasteiger charge is 2.36. The number of hydrogen-bond acceptors (Lipinski definition) is 3. The summed E-state index contributed by atoms with van der Waals surface area (Å²) in [5, 5.41) is 0.723. The predicted molar refractivity (Wildman–Crippen MR) is 99.7 cm³/mol. The van der Waals surface area contributed by atoms with Crippen LogP contribution >= 0.6 is 11.6 Å². The van der Waals surface area contributed by atoms with Crippen LogP contribution in [0.25, 0.3) is 0 Å². The normalized spacial score (nSPS) is 21.5. The van der Waals surface area contributed by atoms with Gasteiger partial charge in [-0.25, -0.2) is 4.99 Å². The molecular weight excluding hydrogens is 350 g/mol. The number of benzene rings is 2. The second-order valence-corrected chi connectivity index (χ2v) is 7.10. The summed E-state index contributed by atoms with van der Waals surface area (Å²) in [7, 11) is 0. The molecule has 2 unspecified atom stereocenters. The summed E-state index contributed by atoms with van der Waals surface area (Å²) in [5.41, 5.74) is 2.19. The SMILES string of the molecule is O=C1c2ccccc2C(=O)N1CCC1CN=C[NH+]1Cc1ccc(Cl)cc1. The zero-order chi connectivity index (χ0) is 18.1. The number of nitrogens with one attached hydrogen (secondary N) is 1. The number of carbonyl (C=O) groups excluding carboxylic acids is 2. The van der Waals surface area contributed by atoms with Crippen LogP contribution in [0.5, 0.6) is 0 Å². The van der Waals surface area contributed by atoms with Crippen molar-refractivity contribution < 1.29 is 14.5 Å². The maximum absolute atomic E-state index is 12.5. The monoisotopic (exact) mass is 368 g/mol. The molecule has 6 heteroatoms. The molecule has 26 heavy (non-hydrogen) atoms. The standard InChI is InChI=1S/C20H18ClN3O2/c21-15-7-5-14(6-8-15)12-23-13-22-11-16(23)9-10-24-19(25)17-3-1-2-4-18(17)20(24)26/h1-8,13,16H,9-12H2/p+1. The Bertz CT molecular complexity index is 844. The summed E-state index contributed by atoms with van der Waals surface area (Å²) < 4.78 is 0. The van der Waals surface area contributed by atoms with Crippen molar-refractivity contribution in [2.45, 2.75) is 19.0 Å². The minimum Gasteiger partial charge on any atom is -0.285 e. The molecule has 5 nitrogen and oxygen atoms in total. The van der Waals surface area contributed by atoms with Crippen molar-refractivity contribution in [3.63, 3.8) is 0 Å². The fraction of sp³-hybridized carbons (Fsp3) is 0.250. The van der Waals surface area contributed by atoms with E-state index in [1.165, 1.54) is 15.4 Å². The maximum atomic E-state index is 12.5. The van der Waals surface area contributed by atoms with Crippen molar-refractivity contribution in [1.29, 1.82) is 0 Å². The molecule has 2 heterocycles. The summed E-state index contributed by atoms with van der Waals surface area (Å²) in [6.45, 7) is 1.95. The smallest absolute Gasteiger partial charge is 0.261 e. The number of hydrogen-bond donors (Lipinski definition) is 1. The number of fused-ring (bicyclic) bond motifs is 1. The first-order valence-corrected chi connectivity index (χ1v) is 9.06. The second kappa shape index (κ2) is 7.02. The number of rotatable bonds is 5. The molecule has 0 aliphatic carbocycles. The molecule has 0 fully saturated rings. The van der Waals surface area contributed by atoms with Gasteiger partial charge in [-0.3, -0.25) is 19.4 Å². The average molecular weight is 369 g/mol. The highest BCUT2D eigenvalue weighted by Crippen LogP contribution is 2.22. The second-order valence-electron chi connectivity index (χ2n) is 6.67.